The van der Waals surface area contributed by atoms with Gasteiger partial charge in [-0.3, -0.25) is 9.59 Å². The van der Waals surface area contributed by atoms with E-state index in [0.29, 0.717) is 19.6 Å². The first-order chi connectivity index (χ1) is 8.63. The molecular weight excluding hydrogens is 232 g/mol. The average molecular weight is 248 g/mol. The fourth-order valence-electron chi connectivity index (χ4n) is 1.92. The molecule has 0 radical (unpaired) electrons. The minimum absolute atomic E-state index is 0.405. The van der Waals surface area contributed by atoms with E-state index in [4.69, 9.17) is 0 Å². The summed E-state index contributed by atoms with van der Waals surface area (Å²) in [7, 11) is 3.42. The SMILES string of the molecule is CNc1ncccc1CN1CCN(C)C(=O)C1=O. The van der Waals surface area contributed by atoms with Gasteiger partial charge in [0.15, 0.2) is 0 Å². The number of rotatable bonds is 3. The second-order valence-electron chi connectivity index (χ2n) is 4.21. The fourth-order valence-corrected chi connectivity index (χ4v) is 1.92. The first kappa shape index (κ1) is 12.3. The average Bonchev–Trinajstić information content (AvgIpc) is 2.40. The third-order valence-electron chi connectivity index (χ3n) is 3.01. The Balaban J connectivity index is 2.14. The Morgan fingerprint density at radius 3 is 2.83 bits per heavy atom. The van der Waals surface area contributed by atoms with Crippen LogP contribution < -0.4 is 5.32 Å². The molecule has 0 bridgehead atoms. The lowest BCUT2D eigenvalue weighted by Crippen LogP contribution is -2.52. The fraction of sp³-hybridized carbons (Fsp3) is 0.417. The molecule has 0 aromatic carbocycles. The van der Waals surface area contributed by atoms with Crippen LogP contribution in [0.2, 0.25) is 0 Å². The van der Waals surface area contributed by atoms with Gasteiger partial charge in [0.25, 0.3) is 0 Å². The van der Waals surface area contributed by atoms with Gasteiger partial charge in [0.1, 0.15) is 5.82 Å². The highest BCUT2D eigenvalue weighted by molar-refractivity contribution is 6.35. The summed E-state index contributed by atoms with van der Waals surface area (Å²) in [6, 6.07) is 3.72. The molecule has 1 aliphatic rings. The second kappa shape index (κ2) is 5.03. The van der Waals surface area contributed by atoms with Crippen LogP contribution in [0.4, 0.5) is 5.82 Å². The van der Waals surface area contributed by atoms with Crippen molar-refractivity contribution < 1.29 is 9.59 Å². The van der Waals surface area contributed by atoms with Crippen LogP contribution in [0.3, 0.4) is 0 Å². The smallest absolute Gasteiger partial charge is 0.312 e. The van der Waals surface area contributed by atoms with Gasteiger partial charge in [-0.2, -0.15) is 0 Å². The van der Waals surface area contributed by atoms with Crippen LogP contribution in [-0.2, 0) is 16.1 Å². The number of hydrogen-bond acceptors (Lipinski definition) is 4. The van der Waals surface area contributed by atoms with Crippen molar-refractivity contribution in [2.75, 3.05) is 32.5 Å². The molecule has 18 heavy (non-hydrogen) atoms. The highest BCUT2D eigenvalue weighted by atomic mass is 16.2. The summed E-state index contributed by atoms with van der Waals surface area (Å²) in [5, 5.41) is 2.98. The van der Waals surface area contributed by atoms with Crippen molar-refractivity contribution in [1.82, 2.24) is 14.8 Å². The van der Waals surface area contributed by atoms with E-state index >= 15 is 0 Å². The number of hydrogen-bond donors (Lipinski definition) is 1. The third-order valence-corrected chi connectivity index (χ3v) is 3.01. The quantitative estimate of drug-likeness (QED) is 0.760. The van der Waals surface area contributed by atoms with Crippen molar-refractivity contribution in [1.29, 1.82) is 0 Å². The predicted molar refractivity (Wildman–Crippen MR) is 66.8 cm³/mol. The molecule has 1 N–H and O–H groups in total. The molecule has 2 heterocycles. The Labute approximate surface area is 106 Å². The van der Waals surface area contributed by atoms with Crippen molar-refractivity contribution in [3.8, 4) is 0 Å². The molecule has 0 saturated carbocycles. The molecule has 0 aliphatic carbocycles. The van der Waals surface area contributed by atoms with Gasteiger partial charge in [-0.25, -0.2) is 4.98 Å². The highest BCUT2D eigenvalue weighted by Gasteiger charge is 2.30. The zero-order valence-electron chi connectivity index (χ0n) is 10.5. The van der Waals surface area contributed by atoms with E-state index in [0.717, 1.165) is 11.4 Å². The number of nitrogens with zero attached hydrogens (tertiary/aromatic N) is 3. The molecule has 1 aliphatic heterocycles. The van der Waals surface area contributed by atoms with Crippen LogP contribution in [0.25, 0.3) is 0 Å². The molecule has 0 unspecified atom stereocenters. The third kappa shape index (κ3) is 2.27. The molecule has 6 nitrogen and oxygen atoms in total. The number of carbonyl (C=O) groups is 2. The summed E-state index contributed by atoms with van der Waals surface area (Å²) >= 11 is 0. The molecule has 1 aromatic heterocycles. The van der Waals surface area contributed by atoms with E-state index in [2.05, 4.69) is 10.3 Å². The first-order valence-electron chi connectivity index (χ1n) is 5.79. The van der Waals surface area contributed by atoms with Crippen LogP contribution in [0.1, 0.15) is 5.56 Å². The van der Waals surface area contributed by atoms with E-state index in [1.54, 1.807) is 25.2 Å². The predicted octanol–water partition coefficient (Wildman–Crippen LogP) is -0.0761. The van der Waals surface area contributed by atoms with Crippen molar-refractivity contribution in [2.45, 2.75) is 6.54 Å². The number of likely N-dealkylation sites (N-methyl/N-ethyl adjacent to an activating group) is 1. The van der Waals surface area contributed by atoms with Crippen LogP contribution in [0, 0.1) is 0 Å². The monoisotopic (exact) mass is 248 g/mol. The van der Waals surface area contributed by atoms with Gasteiger partial charge >= 0.3 is 11.8 Å². The Morgan fingerprint density at radius 1 is 1.33 bits per heavy atom. The zero-order valence-corrected chi connectivity index (χ0v) is 10.5. The highest BCUT2D eigenvalue weighted by Crippen LogP contribution is 2.15. The molecule has 0 atom stereocenters. The number of aromatic nitrogens is 1. The number of carbonyl (C=O) groups excluding carboxylic acids is 2. The summed E-state index contributed by atoms with van der Waals surface area (Å²) in [6.07, 6.45) is 1.69. The second-order valence-corrected chi connectivity index (χ2v) is 4.21. The maximum absolute atomic E-state index is 11.8. The van der Waals surface area contributed by atoms with E-state index in [-0.39, 0.29) is 0 Å². The molecule has 2 rings (SSSR count). The lowest BCUT2D eigenvalue weighted by atomic mass is 10.2. The Bertz CT molecular complexity index is 475. The van der Waals surface area contributed by atoms with Gasteiger partial charge in [0.2, 0.25) is 0 Å². The van der Waals surface area contributed by atoms with Crippen LogP contribution in [0.15, 0.2) is 18.3 Å². The maximum Gasteiger partial charge on any atom is 0.312 e. The van der Waals surface area contributed by atoms with Crippen molar-refractivity contribution >= 4 is 17.6 Å². The lowest BCUT2D eigenvalue weighted by molar-refractivity contribution is -0.155. The van der Waals surface area contributed by atoms with Gasteiger partial charge in [-0.1, -0.05) is 6.07 Å². The number of nitrogens with one attached hydrogen (secondary N) is 1. The molecule has 1 fully saturated rings. The number of amides is 2. The molecule has 96 valence electrons. The largest absolute Gasteiger partial charge is 0.373 e. The molecular formula is C12H16N4O2. The molecule has 1 saturated heterocycles. The number of piperazine rings is 1. The lowest BCUT2D eigenvalue weighted by Gasteiger charge is -2.31. The number of anilines is 1. The van der Waals surface area contributed by atoms with Crippen molar-refractivity contribution in [3.63, 3.8) is 0 Å². The van der Waals surface area contributed by atoms with E-state index in [1.165, 1.54) is 4.90 Å². The summed E-state index contributed by atoms with van der Waals surface area (Å²) in [6.45, 7) is 1.53. The summed E-state index contributed by atoms with van der Waals surface area (Å²) in [5.41, 5.74) is 0.908. The van der Waals surface area contributed by atoms with Crippen LogP contribution in [0.5, 0.6) is 0 Å². The standard InChI is InChI=1S/C12H16N4O2/c1-13-10-9(4-3-5-14-10)8-16-7-6-15(2)11(17)12(16)18/h3-5H,6-8H2,1-2H3,(H,13,14). The first-order valence-corrected chi connectivity index (χ1v) is 5.79. The topological polar surface area (TPSA) is 65.5 Å². The Morgan fingerprint density at radius 2 is 2.11 bits per heavy atom. The number of pyridine rings is 1. The maximum atomic E-state index is 11.8. The molecule has 6 heteroatoms. The Kier molecular flexibility index (Phi) is 3.45. The normalized spacial score (nSPS) is 16.1. The van der Waals surface area contributed by atoms with Crippen molar-refractivity contribution in [2.24, 2.45) is 0 Å². The van der Waals surface area contributed by atoms with Gasteiger partial charge < -0.3 is 15.1 Å². The van der Waals surface area contributed by atoms with Gasteiger partial charge in [-0.15, -0.1) is 0 Å². The molecule has 2 amide bonds. The van der Waals surface area contributed by atoms with Crippen LogP contribution in [-0.4, -0.2) is 53.8 Å². The van der Waals surface area contributed by atoms with Gasteiger partial charge in [0.05, 0.1) is 0 Å². The van der Waals surface area contributed by atoms with E-state index in [1.807, 2.05) is 12.1 Å². The minimum atomic E-state index is -0.449. The van der Waals surface area contributed by atoms with E-state index < -0.39 is 11.8 Å². The molecule has 1 aromatic rings. The summed E-state index contributed by atoms with van der Waals surface area (Å²) in [4.78, 5) is 30.6. The van der Waals surface area contributed by atoms with Gasteiger partial charge in [0, 0.05) is 45.5 Å². The summed E-state index contributed by atoms with van der Waals surface area (Å²) in [5.74, 6) is -0.164. The zero-order chi connectivity index (χ0) is 13.1. The summed E-state index contributed by atoms with van der Waals surface area (Å²) < 4.78 is 0. The Hall–Kier alpha value is -2.11. The van der Waals surface area contributed by atoms with Gasteiger partial charge in [-0.05, 0) is 6.07 Å². The minimum Gasteiger partial charge on any atom is -0.373 e. The molecule has 0 spiro atoms. The van der Waals surface area contributed by atoms with Crippen LogP contribution >= 0.6 is 0 Å². The van der Waals surface area contributed by atoms with Crippen molar-refractivity contribution in [3.05, 3.63) is 23.9 Å². The van der Waals surface area contributed by atoms with E-state index in [9.17, 15) is 9.59 Å².